The Morgan fingerprint density at radius 2 is 2.00 bits per heavy atom. The second-order valence-corrected chi connectivity index (χ2v) is 3.28. The molecule has 0 radical (unpaired) electrons. The summed E-state index contributed by atoms with van der Waals surface area (Å²) in [6.07, 6.45) is 5.14. The maximum Gasteiger partial charge on any atom is 0.509 e. The maximum atomic E-state index is 12.6. The lowest BCUT2D eigenvalue weighted by Gasteiger charge is -2.20. The quantitative estimate of drug-likeness (QED) is 0.583. The second kappa shape index (κ2) is 3.99. The number of nitrogens with two attached hydrogens (primary N) is 1. The van der Waals surface area contributed by atoms with Crippen LogP contribution in [0.5, 0.6) is 0 Å². The molecule has 0 amide bonds. The first-order valence-corrected chi connectivity index (χ1v) is 4.40. The standard InChI is InChI=1S/C10H10BF3N/c1-3-9-4-8(6-15)5-10(7(9)2)11(12,13)14/h1,4-5H,6,15H2,2H3/q-1. The van der Waals surface area contributed by atoms with Crippen molar-refractivity contribution in [1.82, 2.24) is 0 Å². The summed E-state index contributed by atoms with van der Waals surface area (Å²) in [4.78, 5) is 0. The fourth-order valence-corrected chi connectivity index (χ4v) is 1.41. The molecule has 1 rings (SSSR count). The summed E-state index contributed by atoms with van der Waals surface area (Å²) >= 11 is 0. The van der Waals surface area contributed by atoms with Gasteiger partial charge in [-0.05, 0) is 18.6 Å². The van der Waals surface area contributed by atoms with E-state index < -0.39 is 12.4 Å². The Balaban J connectivity index is 3.46. The van der Waals surface area contributed by atoms with Crippen molar-refractivity contribution in [2.24, 2.45) is 5.73 Å². The lowest BCUT2D eigenvalue weighted by atomic mass is 9.75. The predicted octanol–water partition coefficient (Wildman–Crippen LogP) is 1.49. The van der Waals surface area contributed by atoms with Gasteiger partial charge < -0.3 is 18.7 Å². The average Bonchev–Trinajstić information content (AvgIpc) is 2.16. The molecule has 0 spiro atoms. The van der Waals surface area contributed by atoms with Crippen LogP contribution in [-0.2, 0) is 6.54 Å². The van der Waals surface area contributed by atoms with E-state index in [2.05, 4.69) is 5.92 Å². The van der Waals surface area contributed by atoms with Crippen LogP contribution in [0.25, 0.3) is 0 Å². The van der Waals surface area contributed by atoms with Crippen molar-refractivity contribution >= 4 is 12.4 Å². The van der Waals surface area contributed by atoms with E-state index >= 15 is 0 Å². The van der Waals surface area contributed by atoms with Gasteiger partial charge in [0.1, 0.15) is 0 Å². The molecule has 1 nitrogen and oxygen atoms in total. The highest BCUT2D eigenvalue weighted by atomic mass is 19.4. The Hall–Kier alpha value is -1.41. The molecule has 0 aliphatic carbocycles. The van der Waals surface area contributed by atoms with E-state index in [0.29, 0.717) is 5.56 Å². The molecule has 0 saturated carbocycles. The molecule has 2 N–H and O–H groups in total. The van der Waals surface area contributed by atoms with Crippen LogP contribution >= 0.6 is 0 Å². The van der Waals surface area contributed by atoms with Crippen LogP contribution in [0, 0.1) is 19.3 Å². The summed E-state index contributed by atoms with van der Waals surface area (Å²) in [6.45, 7) is -3.61. The van der Waals surface area contributed by atoms with E-state index in [1.54, 1.807) is 0 Å². The van der Waals surface area contributed by atoms with Gasteiger partial charge in [-0.2, -0.15) is 0 Å². The normalized spacial score (nSPS) is 11.2. The minimum atomic E-state index is -5.03. The molecule has 0 atom stereocenters. The summed E-state index contributed by atoms with van der Waals surface area (Å²) in [5.41, 5.74) is 5.42. The molecule has 0 bridgehead atoms. The van der Waals surface area contributed by atoms with Crippen LogP contribution in [0.1, 0.15) is 16.7 Å². The number of hydrogen-bond acceptors (Lipinski definition) is 1. The first kappa shape index (κ1) is 11.7. The van der Waals surface area contributed by atoms with Crippen LogP contribution in [-0.4, -0.2) is 6.98 Å². The van der Waals surface area contributed by atoms with Crippen molar-refractivity contribution in [3.05, 3.63) is 28.8 Å². The van der Waals surface area contributed by atoms with E-state index in [4.69, 9.17) is 12.2 Å². The zero-order valence-electron chi connectivity index (χ0n) is 8.23. The van der Waals surface area contributed by atoms with Crippen LogP contribution < -0.4 is 11.2 Å². The summed E-state index contributed by atoms with van der Waals surface area (Å²) in [5.74, 6) is 2.24. The number of benzene rings is 1. The highest BCUT2D eigenvalue weighted by Gasteiger charge is 2.28. The van der Waals surface area contributed by atoms with Gasteiger partial charge >= 0.3 is 6.98 Å². The smallest absolute Gasteiger partial charge is 0.445 e. The number of hydrogen-bond donors (Lipinski definition) is 1. The predicted molar refractivity (Wildman–Crippen MR) is 55.7 cm³/mol. The number of terminal acetylenes is 1. The zero-order chi connectivity index (χ0) is 11.6. The molecular formula is C10H10BF3N-. The van der Waals surface area contributed by atoms with Crippen molar-refractivity contribution in [3.8, 4) is 12.3 Å². The molecule has 0 saturated heterocycles. The third kappa shape index (κ3) is 2.34. The fourth-order valence-electron chi connectivity index (χ4n) is 1.41. The molecular weight excluding hydrogens is 202 g/mol. The SMILES string of the molecule is C#Cc1cc(CN)cc([B-](F)(F)F)c1C. The number of halogens is 3. The maximum absolute atomic E-state index is 12.6. The van der Waals surface area contributed by atoms with E-state index in [9.17, 15) is 12.9 Å². The molecule has 0 unspecified atom stereocenters. The molecule has 0 aromatic heterocycles. The van der Waals surface area contributed by atoms with Gasteiger partial charge in [-0.3, -0.25) is 0 Å². The Labute approximate surface area is 86.5 Å². The second-order valence-electron chi connectivity index (χ2n) is 3.28. The average molecular weight is 212 g/mol. The van der Waals surface area contributed by atoms with Gasteiger partial charge in [0.2, 0.25) is 0 Å². The first-order chi connectivity index (χ1) is 6.90. The fraction of sp³-hybridized carbons (Fsp3) is 0.200. The van der Waals surface area contributed by atoms with Gasteiger partial charge in [0.25, 0.3) is 0 Å². The third-order valence-corrected chi connectivity index (χ3v) is 2.25. The van der Waals surface area contributed by atoms with Crippen molar-refractivity contribution in [3.63, 3.8) is 0 Å². The van der Waals surface area contributed by atoms with Crippen LogP contribution in [0.2, 0.25) is 0 Å². The number of rotatable bonds is 2. The molecule has 5 heteroatoms. The van der Waals surface area contributed by atoms with E-state index in [-0.39, 0.29) is 17.7 Å². The van der Waals surface area contributed by atoms with Gasteiger partial charge in [-0.1, -0.05) is 17.6 Å². The molecule has 1 aromatic carbocycles. The van der Waals surface area contributed by atoms with Crippen molar-refractivity contribution in [1.29, 1.82) is 0 Å². The summed E-state index contributed by atoms with van der Waals surface area (Å²) in [6, 6.07) is 2.58. The van der Waals surface area contributed by atoms with Gasteiger partial charge in [0, 0.05) is 12.1 Å². The Kier molecular flexibility index (Phi) is 3.11. The third-order valence-electron chi connectivity index (χ3n) is 2.25. The minimum absolute atomic E-state index is 0.0497. The zero-order valence-corrected chi connectivity index (χ0v) is 8.23. The van der Waals surface area contributed by atoms with Crippen LogP contribution in [0.15, 0.2) is 12.1 Å². The lowest BCUT2D eigenvalue weighted by Crippen LogP contribution is -2.37. The van der Waals surface area contributed by atoms with E-state index in [0.717, 1.165) is 6.07 Å². The largest absolute Gasteiger partial charge is 0.509 e. The van der Waals surface area contributed by atoms with Gasteiger partial charge in [-0.25, -0.2) is 0 Å². The highest BCUT2D eigenvalue weighted by Crippen LogP contribution is 2.16. The lowest BCUT2D eigenvalue weighted by molar-refractivity contribution is 0.500. The van der Waals surface area contributed by atoms with Crippen molar-refractivity contribution in [2.45, 2.75) is 13.5 Å². The molecule has 80 valence electrons. The van der Waals surface area contributed by atoms with Gasteiger partial charge in [0.15, 0.2) is 0 Å². The monoisotopic (exact) mass is 212 g/mol. The Morgan fingerprint density at radius 3 is 2.40 bits per heavy atom. The van der Waals surface area contributed by atoms with Crippen molar-refractivity contribution < 1.29 is 12.9 Å². The molecule has 0 fully saturated rings. The van der Waals surface area contributed by atoms with E-state index in [1.165, 1.54) is 13.0 Å². The Morgan fingerprint density at radius 1 is 1.40 bits per heavy atom. The van der Waals surface area contributed by atoms with Crippen LogP contribution in [0.4, 0.5) is 12.9 Å². The highest BCUT2D eigenvalue weighted by molar-refractivity contribution is 6.74. The molecule has 1 aromatic rings. The minimum Gasteiger partial charge on any atom is -0.445 e. The molecule has 0 heterocycles. The summed E-state index contributed by atoms with van der Waals surface area (Å²) in [5, 5.41) is 0. The first-order valence-electron chi connectivity index (χ1n) is 4.40. The summed E-state index contributed by atoms with van der Waals surface area (Å²) < 4.78 is 37.9. The van der Waals surface area contributed by atoms with Crippen LogP contribution in [0.3, 0.4) is 0 Å². The van der Waals surface area contributed by atoms with E-state index in [1.807, 2.05) is 0 Å². The molecule has 0 aliphatic rings. The van der Waals surface area contributed by atoms with Gasteiger partial charge in [0.05, 0.1) is 0 Å². The van der Waals surface area contributed by atoms with Gasteiger partial charge in [-0.15, -0.1) is 11.9 Å². The molecule has 15 heavy (non-hydrogen) atoms. The summed E-state index contributed by atoms with van der Waals surface area (Å²) in [7, 11) is 0. The van der Waals surface area contributed by atoms with Crippen molar-refractivity contribution in [2.75, 3.05) is 0 Å². The molecule has 0 aliphatic heterocycles. The topological polar surface area (TPSA) is 26.0 Å². The Bertz CT molecular complexity index is 418.